The van der Waals surface area contributed by atoms with Crippen molar-refractivity contribution in [1.29, 1.82) is 0 Å². The molecule has 1 aliphatic heterocycles. The van der Waals surface area contributed by atoms with E-state index in [1.165, 1.54) is 12.1 Å². The van der Waals surface area contributed by atoms with Crippen molar-refractivity contribution in [2.75, 3.05) is 5.32 Å². The van der Waals surface area contributed by atoms with Gasteiger partial charge >= 0.3 is 0 Å². The first-order valence-electron chi connectivity index (χ1n) is 5.93. The number of amides is 1. The van der Waals surface area contributed by atoms with Crippen molar-refractivity contribution in [3.63, 3.8) is 0 Å². The summed E-state index contributed by atoms with van der Waals surface area (Å²) in [6.45, 7) is 1.72. The van der Waals surface area contributed by atoms with Gasteiger partial charge in [0.2, 0.25) is 0 Å². The Hall–Kier alpha value is -2.20. The quantitative estimate of drug-likeness (QED) is 0.823. The van der Waals surface area contributed by atoms with Gasteiger partial charge in [-0.05, 0) is 30.7 Å². The van der Waals surface area contributed by atoms with E-state index in [0.29, 0.717) is 16.8 Å². The Kier molecular flexibility index (Phi) is 2.43. The van der Waals surface area contributed by atoms with Gasteiger partial charge in [-0.15, -0.1) is 0 Å². The van der Waals surface area contributed by atoms with Gasteiger partial charge in [-0.3, -0.25) is 4.79 Å². The predicted molar refractivity (Wildman–Crippen MR) is 69.2 cm³/mol. The number of para-hydroxylation sites is 1. The molecule has 3 rings (SSSR count). The van der Waals surface area contributed by atoms with Crippen LogP contribution < -0.4 is 5.32 Å². The summed E-state index contributed by atoms with van der Waals surface area (Å²) in [5, 5.41) is 13.4. The molecule has 3 nitrogen and oxygen atoms in total. The number of carbonyl (C=O) groups excluding carboxylic acids is 1. The summed E-state index contributed by atoms with van der Waals surface area (Å²) in [6.07, 6.45) is 0. The van der Waals surface area contributed by atoms with E-state index in [1.807, 2.05) is 0 Å². The van der Waals surface area contributed by atoms with Crippen molar-refractivity contribution in [3.05, 3.63) is 65.0 Å². The fourth-order valence-corrected chi connectivity index (χ4v) is 2.47. The Bertz CT molecular complexity index is 663. The maximum Gasteiger partial charge on any atom is 0.265 e. The number of fused-ring (bicyclic) bond motifs is 1. The van der Waals surface area contributed by atoms with Crippen LogP contribution in [0, 0.1) is 12.7 Å². The SMILES string of the molecule is Cc1cc(F)cc(C2(O)C(=O)Nc3ccccc32)c1. The molecule has 19 heavy (non-hydrogen) atoms. The third-order valence-electron chi connectivity index (χ3n) is 3.35. The van der Waals surface area contributed by atoms with E-state index in [-0.39, 0.29) is 5.56 Å². The standard InChI is InChI=1S/C15H12FNO2/c1-9-6-10(8-11(16)7-9)15(19)12-4-2-3-5-13(12)17-14(15)18/h2-8,19H,1H3,(H,17,18). The first-order valence-corrected chi connectivity index (χ1v) is 5.93. The third kappa shape index (κ3) is 1.64. The highest BCUT2D eigenvalue weighted by Gasteiger charge is 2.46. The average Bonchev–Trinajstić information content (AvgIpc) is 2.62. The molecule has 0 spiro atoms. The van der Waals surface area contributed by atoms with Crippen molar-refractivity contribution >= 4 is 11.6 Å². The second-order valence-electron chi connectivity index (χ2n) is 4.73. The average molecular weight is 257 g/mol. The van der Waals surface area contributed by atoms with Gasteiger partial charge in [-0.1, -0.05) is 24.3 Å². The fraction of sp³-hybridized carbons (Fsp3) is 0.133. The molecular formula is C15H12FNO2. The van der Waals surface area contributed by atoms with E-state index in [9.17, 15) is 14.3 Å². The summed E-state index contributed by atoms with van der Waals surface area (Å²) in [5.41, 5.74) is 0.0682. The molecule has 1 amide bonds. The molecule has 4 heteroatoms. The minimum Gasteiger partial charge on any atom is -0.372 e. The summed E-state index contributed by atoms with van der Waals surface area (Å²) >= 11 is 0. The number of aryl methyl sites for hydroxylation is 1. The fourth-order valence-electron chi connectivity index (χ4n) is 2.47. The number of hydrogen-bond acceptors (Lipinski definition) is 2. The van der Waals surface area contributed by atoms with Crippen LogP contribution in [0.1, 0.15) is 16.7 Å². The number of carbonyl (C=O) groups is 1. The normalized spacial score (nSPS) is 21.1. The second kappa shape index (κ2) is 3.90. The molecule has 1 aliphatic rings. The second-order valence-corrected chi connectivity index (χ2v) is 4.73. The van der Waals surface area contributed by atoms with Crippen LogP contribution in [-0.4, -0.2) is 11.0 Å². The smallest absolute Gasteiger partial charge is 0.265 e. The zero-order valence-corrected chi connectivity index (χ0v) is 10.3. The minimum atomic E-state index is -1.83. The Morgan fingerprint density at radius 2 is 1.95 bits per heavy atom. The van der Waals surface area contributed by atoms with Gasteiger partial charge in [-0.25, -0.2) is 4.39 Å². The van der Waals surface area contributed by atoms with Crippen molar-refractivity contribution in [2.45, 2.75) is 12.5 Å². The number of nitrogens with one attached hydrogen (secondary N) is 1. The van der Waals surface area contributed by atoms with E-state index in [2.05, 4.69) is 5.32 Å². The first-order chi connectivity index (χ1) is 9.01. The maximum atomic E-state index is 13.5. The molecule has 1 unspecified atom stereocenters. The monoisotopic (exact) mass is 257 g/mol. The van der Waals surface area contributed by atoms with Gasteiger partial charge in [0, 0.05) is 16.8 Å². The molecule has 0 saturated carbocycles. The number of rotatable bonds is 1. The van der Waals surface area contributed by atoms with E-state index in [1.54, 1.807) is 37.3 Å². The number of hydrogen-bond donors (Lipinski definition) is 2. The summed E-state index contributed by atoms with van der Waals surface area (Å²) in [5.74, 6) is -1.03. The molecule has 0 aliphatic carbocycles. The van der Waals surface area contributed by atoms with E-state index in [4.69, 9.17) is 0 Å². The lowest BCUT2D eigenvalue weighted by Crippen LogP contribution is -2.35. The largest absolute Gasteiger partial charge is 0.372 e. The van der Waals surface area contributed by atoms with Crippen LogP contribution in [0.2, 0.25) is 0 Å². The zero-order valence-electron chi connectivity index (χ0n) is 10.3. The zero-order chi connectivity index (χ0) is 13.6. The molecular weight excluding hydrogens is 245 g/mol. The van der Waals surface area contributed by atoms with Crippen LogP contribution in [0.4, 0.5) is 10.1 Å². The number of aliphatic hydroxyl groups is 1. The van der Waals surface area contributed by atoms with Gasteiger partial charge in [-0.2, -0.15) is 0 Å². The van der Waals surface area contributed by atoms with Crippen LogP contribution in [0.15, 0.2) is 42.5 Å². The highest BCUT2D eigenvalue weighted by atomic mass is 19.1. The van der Waals surface area contributed by atoms with E-state index >= 15 is 0 Å². The molecule has 2 N–H and O–H groups in total. The van der Waals surface area contributed by atoms with Gasteiger partial charge in [0.05, 0.1) is 0 Å². The first kappa shape index (κ1) is 11.9. The van der Waals surface area contributed by atoms with E-state index in [0.717, 1.165) is 0 Å². The van der Waals surface area contributed by atoms with Gasteiger partial charge in [0.15, 0.2) is 5.60 Å². The lowest BCUT2D eigenvalue weighted by Gasteiger charge is -2.21. The van der Waals surface area contributed by atoms with Crippen molar-refractivity contribution in [2.24, 2.45) is 0 Å². The molecule has 0 saturated heterocycles. The van der Waals surface area contributed by atoms with Crippen molar-refractivity contribution in [3.8, 4) is 0 Å². The van der Waals surface area contributed by atoms with Gasteiger partial charge in [0.25, 0.3) is 5.91 Å². The molecule has 96 valence electrons. The highest BCUT2D eigenvalue weighted by molar-refractivity contribution is 6.07. The maximum absolute atomic E-state index is 13.5. The molecule has 0 radical (unpaired) electrons. The molecule has 0 fully saturated rings. The molecule has 2 aromatic rings. The number of anilines is 1. The van der Waals surface area contributed by atoms with Crippen LogP contribution in [0.3, 0.4) is 0 Å². The van der Waals surface area contributed by atoms with Crippen molar-refractivity contribution in [1.82, 2.24) is 0 Å². The predicted octanol–water partition coefficient (Wildman–Crippen LogP) is 2.32. The van der Waals surface area contributed by atoms with Gasteiger partial charge in [0.1, 0.15) is 5.82 Å². The van der Waals surface area contributed by atoms with Crippen LogP contribution in [0.5, 0.6) is 0 Å². The Balaban J connectivity index is 2.25. The minimum absolute atomic E-state index is 0.243. The van der Waals surface area contributed by atoms with Crippen LogP contribution in [0.25, 0.3) is 0 Å². The van der Waals surface area contributed by atoms with Crippen molar-refractivity contribution < 1.29 is 14.3 Å². The summed E-state index contributed by atoms with van der Waals surface area (Å²) in [6, 6.07) is 11.0. The summed E-state index contributed by atoms with van der Waals surface area (Å²) in [4.78, 5) is 12.1. The lowest BCUT2D eigenvalue weighted by atomic mass is 9.87. The highest BCUT2D eigenvalue weighted by Crippen LogP contribution is 2.40. The van der Waals surface area contributed by atoms with Crippen LogP contribution >= 0.6 is 0 Å². The summed E-state index contributed by atoms with van der Waals surface area (Å²) < 4.78 is 13.5. The molecule has 1 heterocycles. The molecule has 2 aromatic carbocycles. The molecule has 0 aromatic heterocycles. The van der Waals surface area contributed by atoms with Gasteiger partial charge < -0.3 is 10.4 Å². The molecule has 1 atom stereocenters. The molecule has 0 bridgehead atoms. The van der Waals surface area contributed by atoms with Crippen LogP contribution in [-0.2, 0) is 10.4 Å². The Morgan fingerprint density at radius 1 is 1.21 bits per heavy atom. The number of benzene rings is 2. The third-order valence-corrected chi connectivity index (χ3v) is 3.35. The number of halogens is 1. The summed E-state index contributed by atoms with van der Waals surface area (Å²) in [7, 11) is 0. The Labute approximate surface area is 109 Å². The lowest BCUT2D eigenvalue weighted by molar-refractivity contribution is -0.129. The topological polar surface area (TPSA) is 49.3 Å². The Morgan fingerprint density at radius 3 is 2.68 bits per heavy atom. The van der Waals surface area contributed by atoms with E-state index < -0.39 is 17.3 Å².